The highest BCUT2D eigenvalue weighted by Gasteiger charge is 2.09. The molecule has 1 aliphatic rings. The van der Waals surface area contributed by atoms with E-state index < -0.39 is 0 Å². The number of fused-ring (bicyclic) bond motifs is 1. The second-order valence-corrected chi connectivity index (χ2v) is 7.11. The second-order valence-electron chi connectivity index (χ2n) is 7.11. The van der Waals surface area contributed by atoms with Crippen LogP contribution in [0.3, 0.4) is 0 Å². The number of hydrogen-bond donors (Lipinski definition) is 0. The van der Waals surface area contributed by atoms with Gasteiger partial charge in [0.1, 0.15) is 0 Å². The molecule has 4 heteroatoms. The van der Waals surface area contributed by atoms with E-state index >= 15 is 0 Å². The molecule has 0 atom stereocenters. The number of benzene rings is 2. The van der Waals surface area contributed by atoms with Crippen LogP contribution in [0.1, 0.15) is 41.5 Å². The van der Waals surface area contributed by atoms with Crippen LogP contribution >= 0.6 is 0 Å². The van der Waals surface area contributed by atoms with Crippen LogP contribution in [0.2, 0.25) is 0 Å². The molecule has 136 valence electrons. The number of likely N-dealkylation sites (N-methyl/N-ethyl adjacent to an activating group) is 1. The van der Waals surface area contributed by atoms with Gasteiger partial charge in [-0.05, 0) is 67.1 Å². The molecule has 26 heavy (non-hydrogen) atoms. The number of rotatable bonds is 6. The third-order valence-electron chi connectivity index (χ3n) is 4.95. The fourth-order valence-corrected chi connectivity index (χ4v) is 3.51. The van der Waals surface area contributed by atoms with Crippen molar-refractivity contribution in [3.63, 3.8) is 0 Å². The molecule has 0 aromatic heterocycles. The summed E-state index contributed by atoms with van der Waals surface area (Å²) in [4.78, 5) is 12.6. The van der Waals surface area contributed by atoms with Crippen molar-refractivity contribution >= 4 is 11.8 Å². The minimum Gasteiger partial charge on any atom is -0.298 e. The third kappa shape index (κ3) is 5.02. The normalized spacial score (nSPS) is 14.4. The molecule has 0 aliphatic heterocycles. The van der Waals surface area contributed by atoms with E-state index in [1.165, 1.54) is 48.8 Å². The highest BCUT2D eigenvalue weighted by molar-refractivity contribution is 5.51. The van der Waals surface area contributed by atoms with E-state index in [0.29, 0.717) is 0 Å². The van der Waals surface area contributed by atoms with Crippen molar-refractivity contribution in [3.05, 3.63) is 80.9 Å². The zero-order chi connectivity index (χ0) is 18.4. The number of nitrogens with zero attached hydrogens (tertiary/aromatic N) is 2. The average Bonchev–Trinajstić information content (AvgIpc) is 2.87. The summed E-state index contributed by atoms with van der Waals surface area (Å²) in [6.07, 6.45) is 10.5. The summed E-state index contributed by atoms with van der Waals surface area (Å²) >= 11 is 0. The molecule has 4 nitrogen and oxygen atoms in total. The van der Waals surface area contributed by atoms with Crippen molar-refractivity contribution in [1.82, 2.24) is 4.90 Å². The van der Waals surface area contributed by atoms with Crippen LogP contribution in [0.5, 0.6) is 0 Å². The lowest BCUT2D eigenvalue weighted by molar-refractivity contribution is -0.384. The van der Waals surface area contributed by atoms with Gasteiger partial charge in [0.2, 0.25) is 0 Å². The largest absolute Gasteiger partial charge is 0.298 e. The van der Waals surface area contributed by atoms with Crippen molar-refractivity contribution < 1.29 is 4.92 Å². The first kappa shape index (κ1) is 18.3. The Labute approximate surface area is 155 Å². The van der Waals surface area contributed by atoms with Crippen molar-refractivity contribution in [2.24, 2.45) is 0 Å². The van der Waals surface area contributed by atoms with E-state index in [9.17, 15) is 10.1 Å². The molecule has 0 radical (unpaired) electrons. The van der Waals surface area contributed by atoms with Crippen LogP contribution in [0, 0.1) is 10.1 Å². The highest BCUT2D eigenvalue weighted by Crippen LogP contribution is 2.22. The first-order chi connectivity index (χ1) is 12.6. The summed E-state index contributed by atoms with van der Waals surface area (Å²) in [5.41, 5.74) is 5.55. The Morgan fingerprint density at radius 2 is 1.77 bits per heavy atom. The highest BCUT2D eigenvalue weighted by atomic mass is 16.6. The van der Waals surface area contributed by atoms with Gasteiger partial charge >= 0.3 is 0 Å². The Bertz CT molecular complexity index is 781. The maximum Gasteiger partial charge on any atom is 0.269 e. The Kier molecular flexibility index (Phi) is 6.18. The zero-order valence-electron chi connectivity index (χ0n) is 15.4. The van der Waals surface area contributed by atoms with Gasteiger partial charge in [-0.15, -0.1) is 0 Å². The predicted octanol–water partition coefficient (Wildman–Crippen LogP) is 5.01. The van der Waals surface area contributed by atoms with E-state index in [-0.39, 0.29) is 10.6 Å². The van der Waals surface area contributed by atoms with Gasteiger partial charge in [0.25, 0.3) is 5.69 Å². The van der Waals surface area contributed by atoms with Gasteiger partial charge in [0.05, 0.1) is 4.92 Å². The first-order valence-corrected chi connectivity index (χ1v) is 9.32. The molecule has 2 aromatic carbocycles. The van der Waals surface area contributed by atoms with Crippen molar-refractivity contribution in [2.75, 3.05) is 13.6 Å². The summed E-state index contributed by atoms with van der Waals surface area (Å²) in [7, 11) is 2.12. The lowest BCUT2D eigenvalue weighted by Crippen LogP contribution is -2.17. The zero-order valence-corrected chi connectivity index (χ0v) is 15.4. The molecule has 0 bridgehead atoms. The molecular weight excluding hydrogens is 324 g/mol. The first-order valence-electron chi connectivity index (χ1n) is 9.32. The van der Waals surface area contributed by atoms with Gasteiger partial charge in [-0.3, -0.25) is 15.0 Å². The second kappa shape index (κ2) is 8.77. The van der Waals surface area contributed by atoms with E-state index in [1.807, 2.05) is 6.08 Å². The third-order valence-corrected chi connectivity index (χ3v) is 4.95. The predicted molar refractivity (Wildman–Crippen MR) is 106 cm³/mol. The minimum atomic E-state index is -0.373. The molecular formula is C22H26N2O2. The summed E-state index contributed by atoms with van der Waals surface area (Å²) in [5, 5.41) is 10.7. The molecule has 0 saturated carbocycles. The van der Waals surface area contributed by atoms with Crippen LogP contribution < -0.4 is 0 Å². The van der Waals surface area contributed by atoms with E-state index in [2.05, 4.69) is 36.2 Å². The SMILES string of the molecule is CN(CC=Cc1ccc([N+](=O)[O-])cc1)Cc1ccc2c(c1)CCCCC2. The summed E-state index contributed by atoms with van der Waals surface area (Å²) in [6.45, 7) is 1.77. The van der Waals surface area contributed by atoms with E-state index in [4.69, 9.17) is 0 Å². The molecule has 0 heterocycles. The van der Waals surface area contributed by atoms with Gasteiger partial charge in [0, 0.05) is 25.2 Å². The van der Waals surface area contributed by atoms with Gasteiger partial charge in [-0.2, -0.15) is 0 Å². The number of nitro groups is 1. The summed E-state index contributed by atoms with van der Waals surface area (Å²) < 4.78 is 0. The van der Waals surface area contributed by atoms with Gasteiger partial charge in [0.15, 0.2) is 0 Å². The lowest BCUT2D eigenvalue weighted by atomic mass is 10.00. The van der Waals surface area contributed by atoms with Gasteiger partial charge in [-0.25, -0.2) is 0 Å². The molecule has 3 rings (SSSR count). The van der Waals surface area contributed by atoms with E-state index in [1.54, 1.807) is 24.3 Å². The van der Waals surface area contributed by atoms with Crippen molar-refractivity contribution in [3.8, 4) is 0 Å². The molecule has 1 aliphatic carbocycles. The minimum absolute atomic E-state index is 0.127. The fraction of sp³-hybridized carbons (Fsp3) is 0.364. The van der Waals surface area contributed by atoms with Gasteiger partial charge < -0.3 is 0 Å². The Morgan fingerprint density at radius 1 is 1.04 bits per heavy atom. The molecule has 0 fully saturated rings. The van der Waals surface area contributed by atoms with Crippen LogP contribution in [0.4, 0.5) is 5.69 Å². The lowest BCUT2D eigenvalue weighted by Gasteiger charge is -2.16. The van der Waals surface area contributed by atoms with Gasteiger partial charge in [-0.1, -0.05) is 36.8 Å². The van der Waals surface area contributed by atoms with Crippen molar-refractivity contribution in [2.45, 2.75) is 38.6 Å². The van der Waals surface area contributed by atoms with Crippen molar-refractivity contribution in [1.29, 1.82) is 0 Å². The summed E-state index contributed by atoms with van der Waals surface area (Å²) in [5.74, 6) is 0. The van der Waals surface area contributed by atoms with Crippen LogP contribution in [0.15, 0.2) is 48.5 Å². The molecule has 2 aromatic rings. The number of nitro benzene ring substituents is 1. The van der Waals surface area contributed by atoms with E-state index in [0.717, 1.165) is 18.7 Å². The Hall–Kier alpha value is -2.46. The Balaban J connectivity index is 1.54. The average molecular weight is 350 g/mol. The molecule has 0 spiro atoms. The monoisotopic (exact) mass is 350 g/mol. The maximum absolute atomic E-state index is 10.7. The number of aryl methyl sites for hydroxylation is 2. The van der Waals surface area contributed by atoms with Crippen LogP contribution in [0.25, 0.3) is 6.08 Å². The fourth-order valence-electron chi connectivity index (χ4n) is 3.51. The van der Waals surface area contributed by atoms with Crippen LogP contribution in [-0.4, -0.2) is 23.4 Å². The maximum atomic E-state index is 10.7. The standard InChI is InChI=1S/C22H26N2O2/c1-23(15-5-6-18-10-13-22(14-11-18)24(25)26)17-19-9-12-20-7-3-2-4-8-21(20)16-19/h5-6,9-14,16H,2-4,7-8,15,17H2,1H3. The molecule has 0 N–H and O–H groups in total. The number of non-ortho nitro benzene ring substituents is 1. The Morgan fingerprint density at radius 3 is 2.50 bits per heavy atom. The molecule has 0 unspecified atom stereocenters. The molecule has 0 saturated heterocycles. The smallest absolute Gasteiger partial charge is 0.269 e. The quantitative estimate of drug-likeness (QED) is 0.418. The summed E-state index contributed by atoms with van der Waals surface area (Å²) in [6, 6.07) is 13.6. The van der Waals surface area contributed by atoms with Crippen LogP contribution in [-0.2, 0) is 19.4 Å². The topological polar surface area (TPSA) is 46.4 Å². The number of hydrogen-bond acceptors (Lipinski definition) is 3. The molecule has 0 amide bonds.